The van der Waals surface area contributed by atoms with E-state index in [1.165, 1.54) is 0 Å². The fourth-order valence-electron chi connectivity index (χ4n) is 2.98. The molecule has 1 saturated heterocycles. The zero-order valence-electron chi connectivity index (χ0n) is 13.4. The van der Waals surface area contributed by atoms with E-state index in [1.807, 2.05) is 47.5 Å². The van der Waals surface area contributed by atoms with E-state index in [-0.39, 0.29) is 6.04 Å². The van der Waals surface area contributed by atoms with Gasteiger partial charge in [-0.15, -0.1) is 0 Å². The van der Waals surface area contributed by atoms with Gasteiger partial charge >= 0.3 is 5.97 Å². The summed E-state index contributed by atoms with van der Waals surface area (Å²) >= 11 is 0. The van der Waals surface area contributed by atoms with Crippen LogP contribution in [-0.4, -0.2) is 46.7 Å². The van der Waals surface area contributed by atoms with Crippen LogP contribution in [0.3, 0.4) is 0 Å². The van der Waals surface area contributed by atoms with Crippen molar-refractivity contribution in [1.82, 2.24) is 20.7 Å². The molecular weight excluding hydrogens is 304 g/mol. The molecule has 0 aliphatic carbocycles. The van der Waals surface area contributed by atoms with Crippen molar-refractivity contribution in [2.75, 3.05) is 19.6 Å². The summed E-state index contributed by atoms with van der Waals surface area (Å²) < 4.78 is 0. The Morgan fingerprint density at radius 2 is 2.04 bits per heavy atom. The Kier molecular flexibility index (Phi) is 5.53. The summed E-state index contributed by atoms with van der Waals surface area (Å²) in [5, 5.41) is 15.0. The van der Waals surface area contributed by atoms with Crippen LogP contribution in [0, 0.1) is 0 Å². The molecule has 126 valence electrons. The van der Waals surface area contributed by atoms with Gasteiger partial charge in [0.2, 0.25) is 0 Å². The Bertz CT molecular complexity index is 651. The van der Waals surface area contributed by atoms with Crippen LogP contribution >= 0.6 is 0 Å². The topological polar surface area (TPSA) is 77.5 Å². The second-order valence-electron chi connectivity index (χ2n) is 5.90. The summed E-state index contributed by atoms with van der Waals surface area (Å²) in [5.41, 5.74) is 5.35. The number of carbonyl (C=O) groups is 1. The van der Waals surface area contributed by atoms with Crippen LogP contribution in [0.5, 0.6) is 0 Å². The number of benzene rings is 1. The number of aliphatic carboxylic acids is 1. The number of carboxylic acid groups (broad SMARTS) is 1. The maximum atomic E-state index is 11.7. The minimum atomic E-state index is -0.842. The summed E-state index contributed by atoms with van der Waals surface area (Å²) in [6.45, 7) is 2.34. The van der Waals surface area contributed by atoms with Gasteiger partial charge in [0.25, 0.3) is 0 Å². The van der Waals surface area contributed by atoms with Gasteiger partial charge in [0.1, 0.15) is 6.04 Å². The SMILES string of the molecule is O=C(O)[C@H](Cc1ccccc1)NN1CCNCC1c1ccncc1. The van der Waals surface area contributed by atoms with Crippen LogP contribution in [0.4, 0.5) is 0 Å². The van der Waals surface area contributed by atoms with E-state index >= 15 is 0 Å². The molecule has 6 nitrogen and oxygen atoms in total. The van der Waals surface area contributed by atoms with Gasteiger partial charge in [-0.3, -0.25) is 9.78 Å². The molecule has 1 unspecified atom stereocenters. The van der Waals surface area contributed by atoms with Gasteiger partial charge < -0.3 is 10.4 Å². The Morgan fingerprint density at radius 1 is 1.29 bits per heavy atom. The van der Waals surface area contributed by atoms with E-state index in [0.717, 1.165) is 30.8 Å². The van der Waals surface area contributed by atoms with Crippen LogP contribution in [0.25, 0.3) is 0 Å². The molecule has 1 aliphatic heterocycles. The van der Waals surface area contributed by atoms with Gasteiger partial charge in [0, 0.05) is 32.0 Å². The summed E-state index contributed by atoms with van der Waals surface area (Å²) in [7, 11) is 0. The minimum Gasteiger partial charge on any atom is -0.480 e. The molecule has 1 aromatic heterocycles. The molecule has 3 N–H and O–H groups in total. The minimum absolute atomic E-state index is 0.0828. The highest BCUT2D eigenvalue weighted by Crippen LogP contribution is 2.20. The molecule has 2 aromatic rings. The van der Waals surface area contributed by atoms with E-state index in [9.17, 15) is 9.90 Å². The molecule has 1 aromatic carbocycles. The van der Waals surface area contributed by atoms with Crippen molar-refractivity contribution in [2.24, 2.45) is 0 Å². The second kappa shape index (κ2) is 8.01. The first-order chi connectivity index (χ1) is 11.7. The zero-order chi connectivity index (χ0) is 16.8. The van der Waals surface area contributed by atoms with Crippen molar-refractivity contribution in [2.45, 2.75) is 18.5 Å². The standard InChI is InChI=1S/C18H22N4O2/c23-18(24)16(12-14-4-2-1-3-5-14)21-22-11-10-20-13-17(22)15-6-8-19-9-7-15/h1-9,16-17,20-21H,10-13H2,(H,23,24)/t16-,17?/m0/s1. The number of carboxylic acids is 1. The number of hydrogen-bond donors (Lipinski definition) is 3. The van der Waals surface area contributed by atoms with Crippen LogP contribution in [0.2, 0.25) is 0 Å². The molecule has 6 heteroatoms. The van der Waals surface area contributed by atoms with Gasteiger partial charge in [0.15, 0.2) is 0 Å². The van der Waals surface area contributed by atoms with Gasteiger partial charge in [-0.05, 0) is 29.7 Å². The molecule has 2 atom stereocenters. The Morgan fingerprint density at radius 3 is 2.75 bits per heavy atom. The lowest BCUT2D eigenvalue weighted by molar-refractivity contribution is -0.141. The highest BCUT2D eigenvalue weighted by Gasteiger charge is 2.28. The lowest BCUT2D eigenvalue weighted by Gasteiger charge is -2.38. The first-order valence-electron chi connectivity index (χ1n) is 8.14. The Hall–Kier alpha value is -2.28. The van der Waals surface area contributed by atoms with E-state index in [2.05, 4.69) is 15.7 Å². The summed E-state index contributed by atoms with van der Waals surface area (Å²) in [4.78, 5) is 15.8. The maximum Gasteiger partial charge on any atom is 0.322 e. The number of piperazine rings is 1. The van der Waals surface area contributed by atoms with E-state index in [0.29, 0.717) is 6.42 Å². The van der Waals surface area contributed by atoms with Crippen molar-refractivity contribution in [3.05, 3.63) is 66.0 Å². The second-order valence-corrected chi connectivity index (χ2v) is 5.90. The third kappa shape index (κ3) is 4.17. The number of pyridine rings is 1. The number of nitrogens with one attached hydrogen (secondary N) is 2. The number of rotatable bonds is 6. The molecule has 1 fully saturated rings. The first kappa shape index (κ1) is 16.6. The molecule has 0 bridgehead atoms. The van der Waals surface area contributed by atoms with E-state index in [1.54, 1.807) is 12.4 Å². The predicted octanol–water partition coefficient (Wildman–Crippen LogP) is 1.23. The van der Waals surface area contributed by atoms with Crippen LogP contribution in [-0.2, 0) is 11.2 Å². The Balaban J connectivity index is 1.73. The third-order valence-corrected chi connectivity index (χ3v) is 4.24. The molecule has 0 spiro atoms. The molecule has 24 heavy (non-hydrogen) atoms. The average Bonchev–Trinajstić information content (AvgIpc) is 2.63. The molecule has 0 amide bonds. The normalized spacial score (nSPS) is 19.8. The van der Waals surface area contributed by atoms with Crippen LogP contribution in [0.1, 0.15) is 17.2 Å². The molecular formula is C18H22N4O2. The fourth-order valence-corrected chi connectivity index (χ4v) is 2.98. The highest BCUT2D eigenvalue weighted by molar-refractivity contribution is 5.73. The molecule has 2 heterocycles. The lowest BCUT2D eigenvalue weighted by Crippen LogP contribution is -2.57. The number of hydrazine groups is 1. The van der Waals surface area contributed by atoms with E-state index in [4.69, 9.17) is 0 Å². The third-order valence-electron chi connectivity index (χ3n) is 4.24. The monoisotopic (exact) mass is 326 g/mol. The number of hydrogen-bond acceptors (Lipinski definition) is 5. The van der Waals surface area contributed by atoms with Gasteiger partial charge in [-0.1, -0.05) is 30.3 Å². The van der Waals surface area contributed by atoms with Crippen molar-refractivity contribution < 1.29 is 9.90 Å². The smallest absolute Gasteiger partial charge is 0.322 e. The Labute approximate surface area is 141 Å². The molecule has 1 aliphatic rings. The quantitative estimate of drug-likeness (QED) is 0.741. The zero-order valence-corrected chi connectivity index (χ0v) is 13.4. The average molecular weight is 326 g/mol. The molecule has 0 saturated carbocycles. The number of aromatic nitrogens is 1. The first-order valence-corrected chi connectivity index (χ1v) is 8.14. The summed E-state index contributed by atoms with van der Waals surface area (Å²) in [5.74, 6) is -0.842. The predicted molar refractivity (Wildman–Crippen MR) is 91.3 cm³/mol. The van der Waals surface area contributed by atoms with Crippen molar-refractivity contribution in [1.29, 1.82) is 0 Å². The van der Waals surface area contributed by atoms with Crippen LogP contribution in [0.15, 0.2) is 54.9 Å². The van der Waals surface area contributed by atoms with Gasteiger partial charge in [-0.2, -0.15) is 0 Å². The van der Waals surface area contributed by atoms with Gasteiger partial charge in [0.05, 0.1) is 6.04 Å². The molecule has 3 rings (SSSR count). The maximum absolute atomic E-state index is 11.7. The molecule has 0 radical (unpaired) electrons. The van der Waals surface area contributed by atoms with Gasteiger partial charge in [-0.25, -0.2) is 10.4 Å². The van der Waals surface area contributed by atoms with E-state index < -0.39 is 12.0 Å². The summed E-state index contributed by atoms with van der Waals surface area (Å²) in [6.07, 6.45) is 3.98. The number of nitrogens with zero attached hydrogens (tertiary/aromatic N) is 2. The van der Waals surface area contributed by atoms with Crippen LogP contribution < -0.4 is 10.7 Å². The lowest BCUT2D eigenvalue weighted by atomic mass is 10.0. The summed E-state index contributed by atoms with van der Waals surface area (Å²) in [6, 6.07) is 13.1. The fraction of sp³-hybridized carbons (Fsp3) is 0.333. The largest absolute Gasteiger partial charge is 0.480 e. The van der Waals surface area contributed by atoms with Crippen molar-refractivity contribution in [3.63, 3.8) is 0 Å². The highest BCUT2D eigenvalue weighted by atomic mass is 16.4. The van der Waals surface area contributed by atoms with Crippen molar-refractivity contribution >= 4 is 5.97 Å². The van der Waals surface area contributed by atoms with Crippen molar-refractivity contribution in [3.8, 4) is 0 Å².